The first-order chi connectivity index (χ1) is 13.6. The number of benzene rings is 1. The van der Waals surface area contributed by atoms with Crippen molar-refractivity contribution < 1.29 is 18.3 Å². The number of aromatic nitrogens is 1. The van der Waals surface area contributed by atoms with Crippen molar-refractivity contribution in [3.63, 3.8) is 0 Å². The number of rotatable bonds is 8. The van der Waals surface area contributed by atoms with E-state index in [0.717, 1.165) is 0 Å². The van der Waals surface area contributed by atoms with Crippen LogP contribution in [-0.4, -0.2) is 47.7 Å². The monoisotopic (exact) mass is 420 g/mol. The van der Waals surface area contributed by atoms with Gasteiger partial charge in [-0.3, -0.25) is 5.43 Å². The molecule has 2 aromatic rings. The third-order valence-electron chi connectivity index (χ3n) is 4.26. The summed E-state index contributed by atoms with van der Waals surface area (Å²) in [5, 5.41) is 14.2. The van der Waals surface area contributed by atoms with Gasteiger partial charge in [-0.2, -0.15) is 9.41 Å². The molecule has 0 aliphatic rings. The standard InChI is InChI=1S/C20H28N4O4S/c1-13(2)24(14(3)4)29(26,27)17-8-10-20(21-12-17)23-22-15(5)18-11-16(28-6)7-9-19(18)25/h7-14,25H,1-6H3,(H,21,23)/b22-15+. The van der Waals surface area contributed by atoms with Gasteiger partial charge in [-0.05, 0) is 65.0 Å². The molecule has 0 aliphatic heterocycles. The first kappa shape index (κ1) is 22.6. The first-order valence-electron chi connectivity index (χ1n) is 9.25. The van der Waals surface area contributed by atoms with E-state index in [1.54, 1.807) is 32.2 Å². The number of nitrogens with zero attached hydrogens (tertiary/aromatic N) is 3. The molecular formula is C20H28N4O4S. The van der Waals surface area contributed by atoms with Gasteiger partial charge in [0.2, 0.25) is 10.0 Å². The number of hydrogen-bond donors (Lipinski definition) is 2. The van der Waals surface area contributed by atoms with E-state index in [9.17, 15) is 13.5 Å². The van der Waals surface area contributed by atoms with Gasteiger partial charge in [0, 0.05) is 23.8 Å². The quantitative estimate of drug-likeness (QED) is 0.501. The summed E-state index contributed by atoms with van der Waals surface area (Å²) in [5.74, 6) is 1.05. The number of sulfonamides is 1. The molecule has 0 unspecified atom stereocenters. The highest BCUT2D eigenvalue weighted by molar-refractivity contribution is 7.89. The summed E-state index contributed by atoms with van der Waals surface area (Å²) >= 11 is 0. The number of phenolic OH excluding ortho intramolecular Hbond substituents is 1. The lowest BCUT2D eigenvalue weighted by atomic mass is 10.1. The van der Waals surface area contributed by atoms with E-state index in [-0.39, 0.29) is 22.7 Å². The zero-order chi connectivity index (χ0) is 21.8. The van der Waals surface area contributed by atoms with Crippen LogP contribution in [0.3, 0.4) is 0 Å². The van der Waals surface area contributed by atoms with Crippen molar-refractivity contribution in [2.75, 3.05) is 12.5 Å². The van der Waals surface area contributed by atoms with E-state index in [4.69, 9.17) is 4.74 Å². The highest BCUT2D eigenvalue weighted by Crippen LogP contribution is 2.24. The fraction of sp³-hybridized carbons (Fsp3) is 0.400. The van der Waals surface area contributed by atoms with Crippen LogP contribution in [0.25, 0.3) is 0 Å². The molecule has 0 fully saturated rings. The van der Waals surface area contributed by atoms with E-state index in [1.807, 2.05) is 27.7 Å². The van der Waals surface area contributed by atoms with Gasteiger partial charge in [0.15, 0.2) is 0 Å². The van der Waals surface area contributed by atoms with Crippen LogP contribution in [0.15, 0.2) is 46.5 Å². The molecular weight excluding hydrogens is 392 g/mol. The van der Waals surface area contributed by atoms with Crippen molar-refractivity contribution in [1.82, 2.24) is 9.29 Å². The number of anilines is 1. The van der Waals surface area contributed by atoms with Crippen LogP contribution in [0, 0.1) is 0 Å². The average molecular weight is 421 g/mol. The molecule has 0 saturated heterocycles. The molecule has 1 aromatic carbocycles. The molecule has 158 valence electrons. The number of pyridine rings is 1. The number of phenols is 1. The van der Waals surface area contributed by atoms with Crippen molar-refractivity contribution in [1.29, 1.82) is 0 Å². The summed E-state index contributed by atoms with van der Waals surface area (Å²) in [7, 11) is -2.10. The molecule has 2 rings (SSSR count). The first-order valence-corrected chi connectivity index (χ1v) is 10.7. The second-order valence-electron chi connectivity index (χ2n) is 7.09. The summed E-state index contributed by atoms with van der Waals surface area (Å²) in [5.41, 5.74) is 3.81. The van der Waals surface area contributed by atoms with E-state index in [0.29, 0.717) is 22.8 Å². The Balaban J connectivity index is 2.22. The van der Waals surface area contributed by atoms with Crippen molar-refractivity contribution in [3.8, 4) is 11.5 Å². The summed E-state index contributed by atoms with van der Waals surface area (Å²) in [6, 6.07) is 7.56. The van der Waals surface area contributed by atoms with Gasteiger partial charge in [0.1, 0.15) is 22.2 Å². The van der Waals surface area contributed by atoms with Crippen LogP contribution in [0.1, 0.15) is 40.2 Å². The van der Waals surface area contributed by atoms with E-state index in [1.165, 1.54) is 22.6 Å². The molecule has 9 heteroatoms. The lowest BCUT2D eigenvalue weighted by Crippen LogP contribution is -2.41. The maximum atomic E-state index is 12.9. The Hall–Kier alpha value is -2.65. The summed E-state index contributed by atoms with van der Waals surface area (Å²) in [6.45, 7) is 9.08. The van der Waals surface area contributed by atoms with Crippen molar-refractivity contribution in [2.24, 2.45) is 5.10 Å². The number of aromatic hydroxyl groups is 1. The molecule has 0 radical (unpaired) electrons. The third kappa shape index (κ3) is 5.24. The zero-order valence-corrected chi connectivity index (χ0v) is 18.4. The molecule has 0 amide bonds. The van der Waals surface area contributed by atoms with E-state index < -0.39 is 10.0 Å². The van der Waals surface area contributed by atoms with Gasteiger partial charge in [0.25, 0.3) is 0 Å². The Morgan fingerprint density at radius 2 is 1.83 bits per heavy atom. The van der Waals surface area contributed by atoms with Crippen molar-refractivity contribution in [3.05, 3.63) is 42.1 Å². The minimum absolute atomic E-state index is 0.0747. The van der Waals surface area contributed by atoms with E-state index >= 15 is 0 Å². The fourth-order valence-electron chi connectivity index (χ4n) is 3.01. The largest absolute Gasteiger partial charge is 0.507 e. The Kier molecular flexibility index (Phi) is 7.21. The topological polar surface area (TPSA) is 104 Å². The normalized spacial score (nSPS) is 12.7. The zero-order valence-electron chi connectivity index (χ0n) is 17.5. The number of hydrazone groups is 1. The smallest absolute Gasteiger partial charge is 0.245 e. The maximum Gasteiger partial charge on any atom is 0.245 e. The second-order valence-corrected chi connectivity index (χ2v) is 8.94. The predicted octanol–water partition coefficient (Wildman–Crippen LogP) is 3.44. The van der Waals surface area contributed by atoms with Crippen LogP contribution >= 0.6 is 0 Å². The average Bonchev–Trinajstić information content (AvgIpc) is 2.66. The Bertz CT molecular complexity index is 962. The van der Waals surface area contributed by atoms with Gasteiger partial charge in [-0.1, -0.05) is 0 Å². The molecule has 8 nitrogen and oxygen atoms in total. The fourth-order valence-corrected chi connectivity index (χ4v) is 4.78. The van der Waals surface area contributed by atoms with Gasteiger partial charge < -0.3 is 9.84 Å². The number of hydrogen-bond acceptors (Lipinski definition) is 7. The van der Waals surface area contributed by atoms with Gasteiger partial charge in [-0.25, -0.2) is 13.4 Å². The number of nitrogens with one attached hydrogen (secondary N) is 1. The summed E-state index contributed by atoms with van der Waals surface area (Å²) in [6.07, 6.45) is 1.31. The second kappa shape index (κ2) is 9.23. The molecule has 1 heterocycles. The summed E-state index contributed by atoms with van der Waals surface area (Å²) in [4.78, 5) is 4.28. The lowest BCUT2D eigenvalue weighted by molar-refractivity contribution is 0.302. The predicted molar refractivity (Wildman–Crippen MR) is 114 cm³/mol. The van der Waals surface area contributed by atoms with Crippen LogP contribution < -0.4 is 10.2 Å². The van der Waals surface area contributed by atoms with Crippen LogP contribution in [0.4, 0.5) is 5.82 Å². The minimum Gasteiger partial charge on any atom is -0.507 e. The highest BCUT2D eigenvalue weighted by atomic mass is 32.2. The highest BCUT2D eigenvalue weighted by Gasteiger charge is 2.29. The summed E-state index contributed by atoms with van der Waals surface area (Å²) < 4.78 is 32.4. The maximum absolute atomic E-state index is 12.9. The molecule has 1 aromatic heterocycles. The molecule has 29 heavy (non-hydrogen) atoms. The molecule has 0 atom stereocenters. The Morgan fingerprint density at radius 1 is 1.17 bits per heavy atom. The Labute approximate surface area is 172 Å². The molecule has 2 N–H and O–H groups in total. The van der Waals surface area contributed by atoms with Crippen LogP contribution in [0.5, 0.6) is 11.5 Å². The molecule has 0 spiro atoms. The van der Waals surface area contributed by atoms with Gasteiger partial charge >= 0.3 is 0 Å². The SMILES string of the molecule is COc1ccc(O)c(/C(C)=N/Nc2ccc(S(=O)(=O)N(C(C)C)C(C)C)cn2)c1. The van der Waals surface area contributed by atoms with Gasteiger partial charge in [0.05, 0.1) is 12.8 Å². The molecule has 0 bridgehead atoms. The van der Waals surface area contributed by atoms with Crippen LogP contribution in [-0.2, 0) is 10.0 Å². The molecule has 0 aliphatic carbocycles. The Morgan fingerprint density at radius 3 is 2.34 bits per heavy atom. The van der Waals surface area contributed by atoms with E-state index in [2.05, 4.69) is 15.5 Å². The van der Waals surface area contributed by atoms with Crippen molar-refractivity contribution >= 4 is 21.6 Å². The third-order valence-corrected chi connectivity index (χ3v) is 6.50. The number of ether oxygens (including phenoxy) is 1. The van der Waals surface area contributed by atoms with Gasteiger partial charge in [-0.15, -0.1) is 0 Å². The lowest BCUT2D eigenvalue weighted by Gasteiger charge is -2.29. The number of methoxy groups -OCH3 is 1. The minimum atomic E-state index is -3.64. The molecule has 0 saturated carbocycles. The van der Waals surface area contributed by atoms with Crippen LogP contribution in [0.2, 0.25) is 0 Å². The van der Waals surface area contributed by atoms with Crippen molar-refractivity contribution in [2.45, 2.75) is 51.6 Å².